The topological polar surface area (TPSA) is 45.7 Å². The van der Waals surface area contributed by atoms with Crippen LogP contribution in [0.1, 0.15) is 37.3 Å². The highest BCUT2D eigenvalue weighted by Crippen LogP contribution is 2.34. The van der Waals surface area contributed by atoms with Crippen molar-refractivity contribution in [2.24, 2.45) is 4.99 Å². The van der Waals surface area contributed by atoms with Gasteiger partial charge in [0.05, 0.1) is 24.8 Å². The highest BCUT2D eigenvalue weighted by atomic mass is 19.1. The molecular weight excluding hydrogens is 281 g/mol. The van der Waals surface area contributed by atoms with Crippen LogP contribution in [0.4, 0.5) is 4.39 Å². The Balaban J connectivity index is 1.63. The van der Waals surface area contributed by atoms with E-state index < -0.39 is 0 Å². The van der Waals surface area contributed by atoms with E-state index in [1.165, 1.54) is 6.42 Å². The fourth-order valence-electron chi connectivity index (χ4n) is 3.19. The molecule has 1 aromatic carbocycles. The van der Waals surface area contributed by atoms with E-state index >= 15 is 0 Å². The highest BCUT2D eigenvalue weighted by Gasteiger charge is 2.41. The number of fused-ring (bicyclic) bond motifs is 2. The van der Waals surface area contributed by atoms with E-state index in [0.29, 0.717) is 30.4 Å². The van der Waals surface area contributed by atoms with Gasteiger partial charge in [0.2, 0.25) is 0 Å². The van der Waals surface area contributed by atoms with Gasteiger partial charge in [0.15, 0.2) is 5.96 Å². The van der Waals surface area contributed by atoms with E-state index in [9.17, 15) is 4.39 Å². The molecule has 0 amide bonds. The maximum Gasteiger partial charge on any atom is 0.191 e. The van der Waals surface area contributed by atoms with E-state index in [0.717, 1.165) is 30.9 Å². The minimum atomic E-state index is -0.174. The van der Waals surface area contributed by atoms with Crippen molar-refractivity contribution in [2.45, 2.75) is 57.9 Å². The third-order valence-corrected chi connectivity index (χ3v) is 4.43. The van der Waals surface area contributed by atoms with Gasteiger partial charge in [-0.25, -0.2) is 9.38 Å². The lowest BCUT2D eigenvalue weighted by Crippen LogP contribution is -2.47. The number of aryl methyl sites for hydroxylation is 1. The summed E-state index contributed by atoms with van der Waals surface area (Å²) in [6.07, 6.45) is 4.08. The van der Waals surface area contributed by atoms with Gasteiger partial charge in [0, 0.05) is 6.54 Å². The van der Waals surface area contributed by atoms with Gasteiger partial charge in [-0.15, -0.1) is 0 Å². The summed E-state index contributed by atoms with van der Waals surface area (Å²) in [6, 6.07) is 5.62. The lowest BCUT2D eigenvalue weighted by Gasteiger charge is -2.22. The van der Waals surface area contributed by atoms with Crippen LogP contribution in [0.3, 0.4) is 0 Å². The molecule has 0 aromatic heterocycles. The predicted molar refractivity (Wildman–Crippen MR) is 85.4 cm³/mol. The van der Waals surface area contributed by atoms with Crippen molar-refractivity contribution in [3.63, 3.8) is 0 Å². The third kappa shape index (κ3) is 3.40. The van der Waals surface area contributed by atoms with Crippen LogP contribution in [-0.4, -0.2) is 30.8 Å². The Morgan fingerprint density at radius 2 is 2.27 bits per heavy atom. The molecule has 5 heteroatoms. The second-order valence-electron chi connectivity index (χ2n) is 6.14. The van der Waals surface area contributed by atoms with E-state index in [1.54, 1.807) is 19.1 Å². The van der Waals surface area contributed by atoms with Gasteiger partial charge in [0.1, 0.15) is 5.82 Å². The van der Waals surface area contributed by atoms with E-state index in [4.69, 9.17) is 4.74 Å². The molecule has 1 aromatic rings. The number of ether oxygens (including phenoxy) is 1. The standard InChI is InChI=1S/C17H24FN3O/c1-3-19-17(21-15-9-13-6-7-16(15)22-13)20-10-12-5-4-11(2)14(18)8-12/h4-5,8,13,15-16H,3,6-7,9-10H2,1-2H3,(H2,19,20,21). The molecule has 2 fully saturated rings. The van der Waals surface area contributed by atoms with E-state index in [2.05, 4.69) is 15.6 Å². The first-order valence-corrected chi connectivity index (χ1v) is 8.11. The van der Waals surface area contributed by atoms with Gasteiger partial charge in [0.25, 0.3) is 0 Å². The minimum absolute atomic E-state index is 0.174. The zero-order valence-corrected chi connectivity index (χ0v) is 13.2. The van der Waals surface area contributed by atoms with Crippen molar-refractivity contribution in [1.82, 2.24) is 10.6 Å². The highest BCUT2D eigenvalue weighted by molar-refractivity contribution is 5.80. The van der Waals surface area contributed by atoms with E-state index in [-0.39, 0.29) is 5.82 Å². The number of nitrogens with zero attached hydrogens (tertiary/aromatic N) is 1. The van der Waals surface area contributed by atoms with Gasteiger partial charge < -0.3 is 15.4 Å². The van der Waals surface area contributed by atoms with Crippen molar-refractivity contribution in [1.29, 1.82) is 0 Å². The monoisotopic (exact) mass is 305 g/mol. The molecule has 120 valence electrons. The number of guanidine groups is 1. The van der Waals surface area contributed by atoms with Crippen LogP contribution in [-0.2, 0) is 11.3 Å². The van der Waals surface area contributed by atoms with Crippen LogP contribution in [0, 0.1) is 12.7 Å². The smallest absolute Gasteiger partial charge is 0.191 e. The van der Waals surface area contributed by atoms with Gasteiger partial charge in [-0.1, -0.05) is 12.1 Å². The summed E-state index contributed by atoms with van der Waals surface area (Å²) in [5.41, 5.74) is 1.54. The zero-order valence-electron chi connectivity index (χ0n) is 13.2. The molecular formula is C17H24FN3O. The zero-order chi connectivity index (χ0) is 15.5. The molecule has 2 bridgehead atoms. The summed E-state index contributed by atoms with van der Waals surface area (Å²) in [5, 5.41) is 6.72. The first-order chi connectivity index (χ1) is 10.7. The van der Waals surface area contributed by atoms with Crippen LogP contribution >= 0.6 is 0 Å². The fourth-order valence-corrected chi connectivity index (χ4v) is 3.19. The quantitative estimate of drug-likeness (QED) is 0.664. The Kier molecular flexibility index (Phi) is 4.62. The maximum absolute atomic E-state index is 13.6. The van der Waals surface area contributed by atoms with Crippen LogP contribution in [0.5, 0.6) is 0 Å². The summed E-state index contributed by atoms with van der Waals surface area (Å²) < 4.78 is 19.4. The lowest BCUT2D eigenvalue weighted by atomic mass is 9.96. The molecule has 3 unspecified atom stereocenters. The minimum Gasteiger partial charge on any atom is -0.373 e. The lowest BCUT2D eigenvalue weighted by molar-refractivity contribution is 0.0992. The Labute approximate surface area is 131 Å². The Morgan fingerprint density at radius 1 is 1.41 bits per heavy atom. The van der Waals surface area contributed by atoms with Crippen LogP contribution < -0.4 is 10.6 Å². The fraction of sp³-hybridized carbons (Fsp3) is 0.588. The molecule has 2 N–H and O–H groups in total. The third-order valence-electron chi connectivity index (χ3n) is 4.43. The second kappa shape index (κ2) is 6.65. The molecule has 2 aliphatic rings. The van der Waals surface area contributed by atoms with Gasteiger partial charge >= 0.3 is 0 Å². The van der Waals surface area contributed by atoms with Crippen molar-refractivity contribution in [3.05, 3.63) is 35.1 Å². The molecule has 22 heavy (non-hydrogen) atoms. The maximum atomic E-state index is 13.6. The molecule has 0 spiro atoms. The van der Waals surface area contributed by atoms with Gasteiger partial charge in [-0.05, 0) is 50.3 Å². The molecule has 2 saturated heterocycles. The summed E-state index contributed by atoms with van der Waals surface area (Å²) in [5.74, 6) is 0.608. The SMILES string of the molecule is CCNC(=NCc1ccc(C)c(F)c1)NC1CC2CCC1O2. The number of halogens is 1. The molecule has 3 atom stereocenters. The van der Waals surface area contributed by atoms with Crippen molar-refractivity contribution < 1.29 is 9.13 Å². The van der Waals surface area contributed by atoms with Crippen molar-refractivity contribution in [2.75, 3.05) is 6.54 Å². The molecule has 2 heterocycles. The summed E-state index contributed by atoms with van der Waals surface area (Å²) in [7, 11) is 0. The van der Waals surface area contributed by atoms with Crippen molar-refractivity contribution >= 4 is 5.96 Å². The number of hydrogen-bond donors (Lipinski definition) is 2. The van der Waals surface area contributed by atoms with Crippen LogP contribution in [0.2, 0.25) is 0 Å². The predicted octanol–water partition coefficient (Wildman–Crippen LogP) is 2.51. The van der Waals surface area contributed by atoms with Crippen LogP contribution in [0.25, 0.3) is 0 Å². The number of aliphatic imine (C=N–C) groups is 1. The van der Waals surface area contributed by atoms with Crippen molar-refractivity contribution in [3.8, 4) is 0 Å². The number of nitrogens with one attached hydrogen (secondary N) is 2. The van der Waals surface area contributed by atoms with Gasteiger partial charge in [-0.2, -0.15) is 0 Å². The Morgan fingerprint density at radius 3 is 2.91 bits per heavy atom. The molecule has 3 rings (SSSR count). The molecule has 0 radical (unpaired) electrons. The first-order valence-electron chi connectivity index (χ1n) is 8.11. The molecule has 0 aliphatic carbocycles. The Bertz CT molecular complexity index is 561. The number of rotatable bonds is 4. The number of hydrogen-bond acceptors (Lipinski definition) is 2. The molecule has 4 nitrogen and oxygen atoms in total. The second-order valence-corrected chi connectivity index (χ2v) is 6.14. The number of benzene rings is 1. The Hall–Kier alpha value is -1.62. The average Bonchev–Trinajstić information content (AvgIpc) is 3.11. The summed E-state index contributed by atoms with van der Waals surface area (Å²) in [6.45, 7) is 5.08. The van der Waals surface area contributed by atoms with Crippen LogP contribution in [0.15, 0.2) is 23.2 Å². The summed E-state index contributed by atoms with van der Waals surface area (Å²) in [4.78, 5) is 4.57. The van der Waals surface area contributed by atoms with E-state index in [1.807, 2.05) is 13.0 Å². The molecule has 2 aliphatic heterocycles. The molecule has 0 saturated carbocycles. The first kappa shape index (κ1) is 15.3. The largest absolute Gasteiger partial charge is 0.373 e. The average molecular weight is 305 g/mol. The van der Waals surface area contributed by atoms with Gasteiger partial charge in [-0.3, -0.25) is 0 Å². The summed E-state index contributed by atoms with van der Waals surface area (Å²) >= 11 is 0. The normalized spacial score (nSPS) is 27.2.